The quantitative estimate of drug-likeness (QED) is 0.749. The molecule has 0 unspecified atom stereocenters. The highest BCUT2D eigenvalue weighted by atomic mass is 16.1. The molecule has 1 amide bonds. The summed E-state index contributed by atoms with van der Waals surface area (Å²) in [5.74, 6) is 1.20. The molecule has 20 heavy (non-hydrogen) atoms. The maximum atomic E-state index is 11.3. The number of hydrogen-bond donors (Lipinski definition) is 2. The van der Waals surface area contributed by atoms with E-state index in [2.05, 4.69) is 25.3 Å². The maximum Gasteiger partial charge on any atom is 0.221 e. The summed E-state index contributed by atoms with van der Waals surface area (Å²) < 4.78 is 1.68. The molecule has 0 saturated carbocycles. The van der Waals surface area contributed by atoms with Gasteiger partial charge in [-0.15, -0.1) is 0 Å². The molecule has 3 heterocycles. The first-order chi connectivity index (χ1) is 9.63. The Morgan fingerprint density at radius 1 is 1.40 bits per heavy atom. The lowest BCUT2D eigenvalue weighted by atomic mass is 10.3. The van der Waals surface area contributed by atoms with Gasteiger partial charge in [0.05, 0.1) is 18.1 Å². The van der Waals surface area contributed by atoms with Crippen molar-refractivity contribution in [2.75, 3.05) is 25.4 Å². The fourth-order valence-electron chi connectivity index (χ4n) is 2.33. The van der Waals surface area contributed by atoms with Crippen molar-refractivity contribution >= 4 is 22.8 Å². The second kappa shape index (κ2) is 5.04. The van der Waals surface area contributed by atoms with Gasteiger partial charge in [-0.1, -0.05) is 0 Å². The van der Waals surface area contributed by atoms with Crippen LogP contribution in [-0.2, 0) is 18.4 Å². The van der Waals surface area contributed by atoms with Crippen LogP contribution in [0.5, 0.6) is 0 Å². The number of carbonyl (C=O) groups is 1. The van der Waals surface area contributed by atoms with Crippen molar-refractivity contribution in [1.29, 1.82) is 0 Å². The minimum atomic E-state index is 0.0926. The van der Waals surface area contributed by atoms with Crippen LogP contribution in [0.2, 0.25) is 0 Å². The Morgan fingerprint density at radius 2 is 2.25 bits per heavy atom. The number of aryl methyl sites for hydroxylation is 1. The van der Waals surface area contributed by atoms with Gasteiger partial charge in [0, 0.05) is 33.1 Å². The molecule has 1 fully saturated rings. The van der Waals surface area contributed by atoms with E-state index in [-0.39, 0.29) is 5.91 Å². The number of anilines is 1. The zero-order chi connectivity index (χ0) is 14.1. The van der Waals surface area contributed by atoms with Crippen LogP contribution in [0.25, 0.3) is 11.0 Å². The van der Waals surface area contributed by atoms with Crippen LogP contribution < -0.4 is 11.1 Å². The molecule has 1 aliphatic rings. The topological polar surface area (TPSA) is 102 Å². The Bertz CT molecular complexity index is 651. The molecule has 106 valence electrons. The molecule has 0 atom stereocenters. The predicted molar refractivity (Wildman–Crippen MR) is 73.6 cm³/mol. The van der Waals surface area contributed by atoms with Crippen molar-refractivity contribution in [3.8, 4) is 0 Å². The van der Waals surface area contributed by atoms with Crippen molar-refractivity contribution in [3.63, 3.8) is 0 Å². The van der Waals surface area contributed by atoms with E-state index >= 15 is 0 Å². The highest BCUT2D eigenvalue weighted by Gasteiger charge is 2.16. The van der Waals surface area contributed by atoms with Gasteiger partial charge in [-0.05, 0) is 0 Å². The Hall–Kier alpha value is -2.22. The van der Waals surface area contributed by atoms with E-state index in [0.29, 0.717) is 37.7 Å². The summed E-state index contributed by atoms with van der Waals surface area (Å²) in [6, 6.07) is 0. The maximum absolute atomic E-state index is 11.3. The number of nitrogen functional groups attached to an aromatic ring is 1. The summed E-state index contributed by atoms with van der Waals surface area (Å²) in [7, 11) is 1.83. The standard InChI is InChI=1S/C12H17N7O/c1-18-12-8(6-15-18)11(13)16-9(17-12)7-19-4-2-10(20)14-3-5-19/h6H,2-5,7H2,1H3,(H,14,20)(H2,13,16,17). The van der Waals surface area contributed by atoms with E-state index in [4.69, 9.17) is 5.73 Å². The van der Waals surface area contributed by atoms with Crippen LogP contribution in [0.3, 0.4) is 0 Å². The number of nitrogens with one attached hydrogen (secondary N) is 1. The van der Waals surface area contributed by atoms with E-state index in [9.17, 15) is 4.79 Å². The molecule has 0 aromatic carbocycles. The van der Waals surface area contributed by atoms with Gasteiger partial charge in [0.15, 0.2) is 5.65 Å². The van der Waals surface area contributed by atoms with E-state index < -0.39 is 0 Å². The molecule has 3 N–H and O–H groups in total. The number of amides is 1. The second-order valence-electron chi connectivity index (χ2n) is 4.91. The first-order valence-corrected chi connectivity index (χ1v) is 6.56. The SMILES string of the molecule is Cn1ncc2c(N)nc(CN3CCNC(=O)CC3)nc21. The lowest BCUT2D eigenvalue weighted by molar-refractivity contribution is -0.120. The monoisotopic (exact) mass is 275 g/mol. The molecule has 1 saturated heterocycles. The van der Waals surface area contributed by atoms with Crippen LogP contribution in [0.15, 0.2) is 6.20 Å². The molecule has 0 spiro atoms. The van der Waals surface area contributed by atoms with Gasteiger partial charge in [0.25, 0.3) is 0 Å². The van der Waals surface area contributed by atoms with E-state index in [0.717, 1.165) is 17.6 Å². The minimum Gasteiger partial charge on any atom is -0.383 e. The Labute approximate surface area is 116 Å². The lowest BCUT2D eigenvalue weighted by Gasteiger charge is -2.17. The van der Waals surface area contributed by atoms with Crippen molar-refractivity contribution < 1.29 is 4.79 Å². The van der Waals surface area contributed by atoms with Crippen LogP contribution >= 0.6 is 0 Å². The van der Waals surface area contributed by atoms with Gasteiger partial charge in [0.1, 0.15) is 11.6 Å². The van der Waals surface area contributed by atoms with Crippen LogP contribution in [0.4, 0.5) is 5.82 Å². The molecule has 2 aromatic rings. The smallest absolute Gasteiger partial charge is 0.221 e. The van der Waals surface area contributed by atoms with Crippen LogP contribution in [0, 0.1) is 0 Å². The first-order valence-electron chi connectivity index (χ1n) is 6.56. The van der Waals surface area contributed by atoms with Crippen molar-refractivity contribution in [1.82, 2.24) is 30.0 Å². The Kier molecular flexibility index (Phi) is 3.23. The average Bonchev–Trinajstić information content (AvgIpc) is 2.65. The molecular weight excluding hydrogens is 258 g/mol. The predicted octanol–water partition coefficient (Wildman–Crippen LogP) is -0.733. The largest absolute Gasteiger partial charge is 0.383 e. The lowest BCUT2D eigenvalue weighted by Crippen LogP contribution is -2.29. The number of rotatable bonds is 2. The molecule has 8 nitrogen and oxygen atoms in total. The first kappa shape index (κ1) is 12.8. The molecule has 0 radical (unpaired) electrons. The second-order valence-corrected chi connectivity index (χ2v) is 4.91. The average molecular weight is 275 g/mol. The van der Waals surface area contributed by atoms with Gasteiger partial charge >= 0.3 is 0 Å². The molecule has 0 bridgehead atoms. The van der Waals surface area contributed by atoms with Crippen molar-refractivity contribution in [2.45, 2.75) is 13.0 Å². The molecule has 8 heteroatoms. The summed E-state index contributed by atoms with van der Waals surface area (Å²) in [6.45, 7) is 2.74. The fourth-order valence-corrected chi connectivity index (χ4v) is 2.33. The third-order valence-electron chi connectivity index (χ3n) is 3.44. The molecule has 0 aliphatic carbocycles. The number of nitrogens with zero attached hydrogens (tertiary/aromatic N) is 5. The highest BCUT2D eigenvalue weighted by Crippen LogP contribution is 2.17. The Morgan fingerprint density at radius 3 is 3.10 bits per heavy atom. The van der Waals surface area contributed by atoms with Gasteiger partial charge in [-0.2, -0.15) is 5.10 Å². The molecule has 3 rings (SSSR count). The number of nitrogens with two attached hydrogens (primary N) is 1. The Balaban J connectivity index is 1.83. The number of hydrogen-bond acceptors (Lipinski definition) is 6. The van der Waals surface area contributed by atoms with Crippen LogP contribution in [0.1, 0.15) is 12.2 Å². The van der Waals surface area contributed by atoms with Crippen molar-refractivity contribution in [3.05, 3.63) is 12.0 Å². The van der Waals surface area contributed by atoms with E-state index in [1.165, 1.54) is 0 Å². The third kappa shape index (κ3) is 2.42. The zero-order valence-electron chi connectivity index (χ0n) is 11.3. The summed E-state index contributed by atoms with van der Waals surface area (Å²) in [4.78, 5) is 22.3. The summed E-state index contributed by atoms with van der Waals surface area (Å²) in [5.41, 5.74) is 6.67. The zero-order valence-corrected chi connectivity index (χ0v) is 11.3. The minimum absolute atomic E-state index is 0.0926. The van der Waals surface area contributed by atoms with Crippen molar-refractivity contribution in [2.24, 2.45) is 7.05 Å². The summed E-state index contributed by atoms with van der Waals surface area (Å²) in [6.07, 6.45) is 2.17. The van der Waals surface area contributed by atoms with Gasteiger partial charge in [-0.3, -0.25) is 14.4 Å². The summed E-state index contributed by atoms with van der Waals surface area (Å²) in [5, 5.41) is 7.75. The fraction of sp³-hybridized carbons (Fsp3) is 0.500. The van der Waals surface area contributed by atoms with E-state index in [1.54, 1.807) is 10.9 Å². The number of fused-ring (bicyclic) bond motifs is 1. The van der Waals surface area contributed by atoms with Crippen LogP contribution in [-0.4, -0.2) is 50.2 Å². The van der Waals surface area contributed by atoms with Gasteiger partial charge < -0.3 is 11.1 Å². The normalized spacial score (nSPS) is 17.1. The summed E-state index contributed by atoms with van der Waals surface area (Å²) >= 11 is 0. The third-order valence-corrected chi connectivity index (χ3v) is 3.44. The number of carbonyl (C=O) groups excluding carboxylic acids is 1. The van der Waals surface area contributed by atoms with Gasteiger partial charge in [-0.25, -0.2) is 9.97 Å². The molecule has 1 aliphatic heterocycles. The number of aromatic nitrogens is 4. The molecule has 2 aromatic heterocycles. The highest BCUT2D eigenvalue weighted by molar-refractivity contribution is 5.84. The van der Waals surface area contributed by atoms with Gasteiger partial charge in [0.2, 0.25) is 5.91 Å². The van der Waals surface area contributed by atoms with E-state index in [1.807, 2.05) is 7.05 Å². The molecular formula is C12H17N7O.